The highest BCUT2D eigenvalue weighted by Crippen LogP contribution is 2.26. The second-order valence-corrected chi connectivity index (χ2v) is 6.88. The number of nitrogens with zero attached hydrogens (tertiary/aromatic N) is 2. The maximum atomic E-state index is 12.7. The van der Waals surface area contributed by atoms with E-state index in [1.54, 1.807) is 53.9 Å². The van der Waals surface area contributed by atoms with Crippen molar-refractivity contribution in [2.24, 2.45) is 0 Å². The molecule has 0 radical (unpaired) electrons. The fourth-order valence-corrected chi connectivity index (χ4v) is 3.21. The second kappa shape index (κ2) is 7.44. The van der Waals surface area contributed by atoms with Crippen molar-refractivity contribution in [2.45, 2.75) is 13.8 Å². The number of amides is 2. The number of fused-ring (bicyclic) bond motifs is 1. The minimum atomic E-state index is -0.393. The number of aryl methyl sites for hydroxylation is 1. The maximum absolute atomic E-state index is 12.7. The number of halogens is 1. The Morgan fingerprint density at radius 3 is 2.55 bits per heavy atom. The molecule has 0 saturated heterocycles. The SMILES string of the molecule is CC(=O)Nc1ccc(-c2ccc(C(=O)Nc3c(C)nc4c(Cl)cccn34)o2)cc1. The lowest BCUT2D eigenvalue weighted by Gasteiger charge is -2.05. The first-order valence-electron chi connectivity index (χ1n) is 8.85. The molecule has 3 aromatic heterocycles. The molecule has 7 nitrogen and oxygen atoms in total. The summed E-state index contributed by atoms with van der Waals surface area (Å²) >= 11 is 6.17. The number of imidazole rings is 1. The number of hydrogen-bond acceptors (Lipinski definition) is 4. The van der Waals surface area contributed by atoms with Gasteiger partial charge in [0.2, 0.25) is 5.91 Å². The normalized spacial score (nSPS) is 10.9. The van der Waals surface area contributed by atoms with E-state index in [9.17, 15) is 9.59 Å². The van der Waals surface area contributed by atoms with E-state index in [4.69, 9.17) is 16.0 Å². The summed E-state index contributed by atoms with van der Waals surface area (Å²) < 4.78 is 7.44. The number of benzene rings is 1. The molecule has 2 amide bonds. The number of carbonyl (C=O) groups excluding carboxylic acids is 2. The molecule has 0 atom stereocenters. The van der Waals surface area contributed by atoms with Crippen LogP contribution in [0.25, 0.3) is 17.0 Å². The summed E-state index contributed by atoms with van der Waals surface area (Å²) in [7, 11) is 0. The van der Waals surface area contributed by atoms with Crippen molar-refractivity contribution >= 4 is 40.6 Å². The van der Waals surface area contributed by atoms with E-state index < -0.39 is 5.91 Å². The smallest absolute Gasteiger partial charge is 0.292 e. The third-order valence-corrected chi connectivity index (χ3v) is 4.62. The van der Waals surface area contributed by atoms with Crippen molar-refractivity contribution in [3.8, 4) is 11.3 Å². The highest BCUT2D eigenvalue weighted by atomic mass is 35.5. The number of pyridine rings is 1. The van der Waals surface area contributed by atoms with Crippen molar-refractivity contribution in [3.05, 3.63) is 71.2 Å². The van der Waals surface area contributed by atoms with Crippen LogP contribution in [0.1, 0.15) is 23.2 Å². The van der Waals surface area contributed by atoms with Crippen LogP contribution in [-0.2, 0) is 4.79 Å². The molecule has 3 heterocycles. The van der Waals surface area contributed by atoms with Crippen molar-refractivity contribution < 1.29 is 14.0 Å². The topological polar surface area (TPSA) is 88.6 Å². The van der Waals surface area contributed by atoms with Crippen molar-refractivity contribution in [2.75, 3.05) is 10.6 Å². The summed E-state index contributed by atoms with van der Waals surface area (Å²) in [6, 6.07) is 14.0. The molecule has 0 aliphatic heterocycles. The molecule has 146 valence electrons. The van der Waals surface area contributed by atoms with E-state index in [1.807, 2.05) is 12.1 Å². The van der Waals surface area contributed by atoms with Gasteiger partial charge in [-0.2, -0.15) is 0 Å². The van der Waals surface area contributed by atoms with Gasteiger partial charge in [-0.1, -0.05) is 11.6 Å². The van der Waals surface area contributed by atoms with Gasteiger partial charge in [-0.3, -0.25) is 14.0 Å². The summed E-state index contributed by atoms with van der Waals surface area (Å²) in [6.07, 6.45) is 1.78. The molecule has 0 saturated carbocycles. The molecule has 4 rings (SSSR count). The molecule has 0 fully saturated rings. The lowest BCUT2D eigenvalue weighted by Crippen LogP contribution is -2.13. The summed E-state index contributed by atoms with van der Waals surface area (Å²) in [4.78, 5) is 28.2. The Balaban J connectivity index is 1.56. The first kappa shape index (κ1) is 18.8. The predicted octanol–water partition coefficient (Wildman–Crippen LogP) is 4.77. The number of anilines is 2. The van der Waals surface area contributed by atoms with Crippen molar-refractivity contribution in [3.63, 3.8) is 0 Å². The molecular weight excluding hydrogens is 392 g/mol. The number of hydrogen-bond donors (Lipinski definition) is 2. The summed E-state index contributed by atoms with van der Waals surface area (Å²) in [5, 5.41) is 6.04. The quantitative estimate of drug-likeness (QED) is 0.509. The fraction of sp³-hybridized carbons (Fsp3) is 0.0952. The van der Waals surface area contributed by atoms with Crippen LogP contribution in [0.5, 0.6) is 0 Å². The molecule has 0 aliphatic carbocycles. The van der Waals surface area contributed by atoms with Gasteiger partial charge >= 0.3 is 0 Å². The lowest BCUT2D eigenvalue weighted by atomic mass is 10.1. The molecule has 2 N–H and O–H groups in total. The Hall–Kier alpha value is -3.58. The van der Waals surface area contributed by atoms with Gasteiger partial charge in [0.05, 0.1) is 10.7 Å². The zero-order chi connectivity index (χ0) is 20.5. The number of furan rings is 1. The van der Waals surface area contributed by atoms with Gasteiger partial charge in [-0.25, -0.2) is 4.98 Å². The number of aromatic nitrogens is 2. The van der Waals surface area contributed by atoms with E-state index >= 15 is 0 Å². The molecule has 4 aromatic rings. The fourth-order valence-electron chi connectivity index (χ4n) is 3.00. The molecule has 0 bridgehead atoms. The van der Waals surface area contributed by atoms with E-state index in [0.29, 0.717) is 33.6 Å². The highest BCUT2D eigenvalue weighted by molar-refractivity contribution is 6.33. The minimum Gasteiger partial charge on any atom is -0.451 e. The van der Waals surface area contributed by atoms with Crippen LogP contribution in [0.2, 0.25) is 5.02 Å². The third kappa shape index (κ3) is 3.72. The van der Waals surface area contributed by atoms with Gasteiger partial charge in [0.1, 0.15) is 11.6 Å². The molecule has 29 heavy (non-hydrogen) atoms. The van der Waals surface area contributed by atoms with Crippen LogP contribution in [0.15, 0.2) is 59.1 Å². The van der Waals surface area contributed by atoms with Gasteiger partial charge < -0.3 is 15.1 Å². The molecule has 0 unspecified atom stereocenters. The maximum Gasteiger partial charge on any atom is 0.292 e. The van der Waals surface area contributed by atoms with Crippen LogP contribution in [0.3, 0.4) is 0 Å². The predicted molar refractivity (Wildman–Crippen MR) is 111 cm³/mol. The first-order valence-corrected chi connectivity index (χ1v) is 9.22. The summed E-state index contributed by atoms with van der Waals surface area (Å²) in [5.74, 6) is 0.713. The second-order valence-electron chi connectivity index (χ2n) is 6.47. The third-order valence-electron chi connectivity index (χ3n) is 4.33. The molecule has 0 aliphatic rings. The Morgan fingerprint density at radius 1 is 1.07 bits per heavy atom. The minimum absolute atomic E-state index is 0.140. The standard InChI is InChI=1S/C21H17ClN4O3/c1-12-19(26-11-3-4-16(22)20(26)23-12)25-21(28)18-10-9-17(29-18)14-5-7-15(8-6-14)24-13(2)27/h3-11H,1-2H3,(H,24,27)(H,25,28). The zero-order valence-corrected chi connectivity index (χ0v) is 16.4. The van der Waals surface area contributed by atoms with Crippen LogP contribution in [0.4, 0.5) is 11.5 Å². The van der Waals surface area contributed by atoms with E-state index in [2.05, 4.69) is 15.6 Å². The Labute approximate surface area is 171 Å². The molecule has 8 heteroatoms. The van der Waals surface area contributed by atoms with E-state index in [1.165, 1.54) is 6.92 Å². The average Bonchev–Trinajstić information content (AvgIpc) is 3.29. The summed E-state index contributed by atoms with van der Waals surface area (Å²) in [6.45, 7) is 3.24. The first-order chi connectivity index (χ1) is 13.9. The Morgan fingerprint density at radius 2 is 1.83 bits per heavy atom. The van der Waals surface area contributed by atoms with Crippen LogP contribution in [0, 0.1) is 6.92 Å². The largest absolute Gasteiger partial charge is 0.451 e. The zero-order valence-electron chi connectivity index (χ0n) is 15.7. The molecule has 1 aromatic carbocycles. The number of nitrogens with one attached hydrogen (secondary N) is 2. The molecule has 0 spiro atoms. The number of carbonyl (C=O) groups is 2. The van der Waals surface area contributed by atoms with Gasteiger partial charge in [-0.05, 0) is 55.5 Å². The van der Waals surface area contributed by atoms with Crippen LogP contribution in [-0.4, -0.2) is 21.2 Å². The summed E-state index contributed by atoms with van der Waals surface area (Å²) in [5.41, 5.74) is 2.69. The highest BCUT2D eigenvalue weighted by Gasteiger charge is 2.17. The Bertz CT molecular complexity index is 1220. The van der Waals surface area contributed by atoms with Crippen LogP contribution < -0.4 is 10.6 Å². The monoisotopic (exact) mass is 408 g/mol. The van der Waals surface area contributed by atoms with Crippen molar-refractivity contribution in [1.29, 1.82) is 0 Å². The average molecular weight is 409 g/mol. The van der Waals surface area contributed by atoms with Gasteiger partial charge in [-0.15, -0.1) is 0 Å². The van der Waals surface area contributed by atoms with E-state index in [0.717, 1.165) is 5.56 Å². The van der Waals surface area contributed by atoms with E-state index in [-0.39, 0.29) is 11.7 Å². The van der Waals surface area contributed by atoms with Crippen molar-refractivity contribution in [1.82, 2.24) is 9.38 Å². The van der Waals surface area contributed by atoms with Crippen LogP contribution >= 0.6 is 11.6 Å². The van der Waals surface area contributed by atoms with Gasteiger partial charge in [0, 0.05) is 24.4 Å². The van der Waals surface area contributed by atoms with Gasteiger partial charge in [0.15, 0.2) is 11.4 Å². The van der Waals surface area contributed by atoms with Gasteiger partial charge in [0.25, 0.3) is 5.91 Å². The Kier molecular flexibility index (Phi) is 4.82. The number of rotatable bonds is 4. The molecular formula is C21H17ClN4O3. The lowest BCUT2D eigenvalue weighted by molar-refractivity contribution is -0.114.